The summed E-state index contributed by atoms with van der Waals surface area (Å²) >= 11 is 0. The summed E-state index contributed by atoms with van der Waals surface area (Å²) in [4.78, 5) is 11.4. The zero-order valence-corrected chi connectivity index (χ0v) is 11.9. The van der Waals surface area contributed by atoms with Crippen LogP contribution >= 0.6 is 0 Å². The smallest absolute Gasteiger partial charge is 0.313 e. The van der Waals surface area contributed by atoms with Crippen molar-refractivity contribution >= 4 is 27.5 Å². The van der Waals surface area contributed by atoms with Gasteiger partial charge < -0.3 is 14.8 Å². The van der Waals surface area contributed by atoms with E-state index >= 15 is 0 Å². The Morgan fingerprint density at radius 3 is 2.80 bits per heavy atom. The number of hydrogen-bond acceptors (Lipinski definition) is 6. The van der Waals surface area contributed by atoms with Crippen LogP contribution in [0.25, 0.3) is 0 Å². The average Bonchev–Trinajstić information content (AvgIpc) is 2.37. The van der Waals surface area contributed by atoms with Crippen LogP contribution in [0.15, 0.2) is 27.5 Å². The quantitative estimate of drug-likeness (QED) is 0.838. The van der Waals surface area contributed by atoms with Crippen LogP contribution in [0.5, 0.6) is 5.75 Å². The molecule has 0 fully saturated rings. The number of anilines is 1. The van der Waals surface area contributed by atoms with Crippen molar-refractivity contribution < 1.29 is 22.7 Å². The molecule has 1 aliphatic heterocycles. The first-order valence-electron chi connectivity index (χ1n) is 5.91. The molecule has 0 aromatic heterocycles. The molecule has 1 aromatic rings. The first-order chi connectivity index (χ1) is 9.47. The molecule has 0 radical (unpaired) electrons. The van der Waals surface area contributed by atoms with Gasteiger partial charge in [0.2, 0.25) is 0 Å². The largest absolute Gasteiger partial charge is 0.495 e. The molecule has 20 heavy (non-hydrogen) atoms. The number of nitrogens with one attached hydrogen (secondary N) is 1. The lowest BCUT2D eigenvalue weighted by Gasteiger charge is -2.19. The summed E-state index contributed by atoms with van der Waals surface area (Å²) in [5, 5.41) is 2.81. The van der Waals surface area contributed by atoms with Crippen molar-refractivity contribution in [3.63, 3.8) is 0 Å². The molecular weight excluding hydrogens is 284 g/mol. The number of hydrogen-bond donors (Lipinski definition) is 1. The Bertz CT molecular complexity index is 666. The van der Waals surface area contributed by atoms with Gasteiger partial charge in [-0.05, 0) is 19.1 Å². The fraction of sp³-hybridized carbons (Fsp3) is 0.333. The summed E-state index contributed by atoms with van der Waals surface area (Å²) in [6.45, 7) is 1.90. The highest BCUT2D eigenvalue weighted by molar-refractivity contribution is 7.90. The number of carbonyl (C=O) groups excluding carboxylic acids is 1. The molecule has 0 saturated heterocycles. The van der Waals surface area contributed by atoms with Gasteiger partial charge in [0.25, 0.3) is 10.0 Å². The first kappa shape index (κ1) is 14.3. The van der Waals surface area contributed by atoms with E-state index < -0.39 is 16.0 Å². The van der Waals surface area contributed by atoms with Gasteiger partial charge in [0.15, 0.2) is 4.90 Å². The number of sulfonamides is 1. The van der Waals surface area contributed by atoms with Crippen molar-refractivity contribution in [3.8, 4) is 5.75 Å². The molecule has 0 spiro atoms. The molecule has 8 heteroatoms. The monoisotopic (exact) mass is 298 g/mol. The minimum absolute atomic E-state index is 0.0317. The SMILES string of the molecule is CCOC(=O)CC1=NS(=O)(=O)c2c(cccc2OC)N1. The van der Waals surface area contributed by atoms with Gasteiger partial charge in [-0.1, -0.05) is 6.07 Å². The second kappa shape index (κ2) is 5.49. The van der Waals surface area contributed by atoms with Gasteiger partial charge in [-0.25, -0.2) is 0 Å². The molecule has 0 saturated carbocycles. The van der Waals surface area contributed by atoms with E-state index in [1.54, 1.807) is 19.1 Å². The Balaban J connectivity index is 2.37. The molecule has 1 N–H and O–H groups in total. The molecule has 0 unspecified atom stereocenters. The number of nitrogens with zero attached hydrogens (tertiary/aromatic N) is 1. The molecule has 1 aromatic carbocycles. The second-order valence-electron chi connectivity index (χ2n) is 3.96. The highest BCUT2D eigenvalue weighted by Gasteiger charge is 2.29. The maximum Gasteiger partial charge on any atom is 0.313 e. The standard InChI is InChI=1S/C12H14N2O5S/c1-3-19-11(15)7-10-13-8-5-4-6-9(18-2)12(8)20(16,17)14-10/h4-6H,3,7H2,1-2H3,(H,13,14). The Morgan fingerprint density at radius 1 is 1.40 bits per heavy atom. The van der Waals surface area contributed by atoms with E-state index in [2.05, 4.69) is 9.71 Å². The predicted octanol–water partition coefficient (Wildman–Crippen LogP) is 1.16. The minimum Gasteiger partial charge on any atom is -0.495 e. The molecule has 0 amide bonds. The van der Waals surface area contributed by atoms with Crippen LogP contribution in [0, 0.1) is 0 Å². The summed E-state index contributed by atoms with van der Waals surface area (Å²) in [6, 6.07) is 4.76. The summed E-state index contributed by atoms with van der Waals surface area (Å²) in [5.74, 6) is -0.307. The predicted molar refractivity (Wildman–Crippen MR) is 72.5 cm³/mol. The van der Waals surface area contributed by atoms with Crippen molar-refractivity contribution in [2.75, 3.05) is 19.0 Å². The van der Waals surface area contributed by atoms with E-state index in [4.69, 9.17) is 9.47 Å². The van der Waals surface area contributed by atoms with Gasteiger partial charge in [-0.15, -0.1) is 4.40 Å². The summed E-state index contributed by atoms with van der Waals surface area (Å²) in [7, 11) is -2.52. The van der Waals surface area contributed by atoms with Crippen LogP contribution in [0.1, 0.15) is 13.3 Å². The fourth-order valence-corrected chi connectivity index (χ4v) is 3.13. The Labute approximate surface area is 116 Å². The third-order valence-electron chi connectivity index (χ3n) is 2.58. The number of esters is 1. The van der Waals surface area contributed by atoms with Crippen LogP contribution in [0.2, 0.25) is 0 Å². The molecule has 108 valence electrons. The summed E-state index contributed by atoms with van der Waals surface area (Å²) in [5.41, 5.74) is 0.332. The zero-order chi connectivity index (χ0) is 14.8. The molecule has 0 aliphatic carbocycles. The lowest BCUT2D eigenvalue weighted by Crippen LogP contribution is -2.25. The van der Waals surface area contributed by atoms with Gasteiger partial charge in [0, 0.05) is 0 Å². The third kappa shape index (κ3) is 2.74. The molecule has 0 bridgehead atoms. The van der Waals surface area contributed by atoms with Gasteiger partial charge in [-0.3, -0.25) is 4.79 Å². The first-order valence-corrected chi connectivity index (χ1v) is 7.35. The van der Waals surface area contributed by atoms with E-state index in [1.165, 1.54) is 13.2 Å². The van der Waals surface area contributed by atoms with E-state index in [9.17, 15) is 13.2 Å². The average molecular weight is 298 g/mol. The maximum atomic E-state index is 12.1. The Kier molecular flexibility index (Phi) is 3.93. The third-order valence-corrected chi connectivity index (χ3v) is 3.98. The van der Waals surface area contributed by atoms with Crippen LogP contribution < -0.4 is 10.1 Å². The number of benzene rings is 1. The highest BCUT2D eigenvalue weighted by Crippen LogP contribution is 2.35. The lowest BCUT2D eigenvalue weighted by molar-refractivity contribution is -0.141. The number of rotatable bonds is 4. The maximum absolute atomic E-state index is 12.1. The van der Waals surface area contributed by atoms with Crippen molar-refractivity contribution in [3.05, 3.63) is 18.2 Å². The van der Waals surface area contributed by atoms with Crippen LogP contribution in [0.4, 0.5) is 5.69 Å². The molecular formula is C12H14N2O5S. The molecule has 7 nitrogen and oxygen atoms in total. The molecule has 1 heterocycles. The van der Waals surface area contributed by atoms with E-state index in [0.717, 1.165) is 0 Å². The minimum atomic E-state index is -3.90. The molecule has 2 rings (SSSR count). The molecule has 0 atom stereocenters. The number of methoxy groups -OCH3 is 1. The zero-order valence-electron chi connectivity index (χ0n) is 11.0. The van der Waals surface area contributed by atoms with Gasteiger partial charge in [0.1, 0.15) is 18.0 Å². The van der Waals surface area contributed by atoms with E-state index in [-0.39, 0.29) is 29.5 Å². The van der Waals surface area contributed by atoms with Crippen LogP contribution in [-0.4, -0.2) is 33.9 Å². The van der Waals surface area contributed by atoms with Gasteiger partial charge in [-0.2, -0.15) is 8.42 Å². The number of fused-ring (bicyclic) bond motifs is 1. The molecule has 1 aliphatic rings. The Hall–Kier alpha value is -2.09. The van der Waals surface area contributed by atoms with Gasteiger partial charge in [0.05, 0.1) is 19.4 Å². The lowest BCUT2D eigenvalue weighted by atomic mass is 10.2. The van der Waals surface area contributed by atoms with E-state index in [1.807, 2.05) is 0 Å². The summed E-state index contributed by atoms with van der Waals surface area (Å²) < 4.78 is 37.7. The Morgan fingerprint density at radius 2 is 2.15 bits per heavy atom. The topological polar surface area (TPSA) is 94.1 Å². The second-order valence-corrected chi connectivity index (χ2v) is 5.50. The number of amidine groups is 1. The van der Waals surface area contributed by atoms with E-state index in [0.29, 0.717) is 5.69 Å². The normalized spacial score (nSPS) is 15.6. The van der Waals surface area contributed by atoms with Crippen molar-refractivity contribution in [1.82, 2.24) is 0 Å². The van der Waals surface area contributed by atoms with Crippen molar-refractivity contribution in [1.29, 1.82) is 0 Å². The van der Waals surface area contributed by atoms with Crippen molar-refractivity contribution in [2.45, 2.75) is 18.2 Å². The van der Waals surface area contributed by atoms with Crippen LogP contribution in [0.3, 0.4) is 0 Å². The highest BCUT2D eigenvalue weighted by atomic mass is 32.2. The van der Waals surface area contributed by atoms with Crippen LogP contribution in [-0.2, 0) is 19.6 Å². The number of ether oxygens (including phenoxy) is 2. The fourth-order valence-electron chi connectivity index (χ4n) is 1.84. The number of carbonyl (C=O) groups is 1. The van der Waals surface area contributed by atoms with Crippen molar-refractivity contribution in [2.24, 2.45) is 4.40 Å². The summed E-state index contributed by atoms with van der Waals surface area (Å²) in [6.07, 6.45) is -0.232. The van der Waals surface area contributed by atoms with Gasteiger partial charge >= 0.3 is 5.97 Å².